The summed E-state index contributed by atoms with van der Waals surface area (Å²) in [4.78, 5) is 12.7. The van der Waals surface area contributed by atoms with E-state index in [1.54, 1.807) is 30.3 Å². The molecule has 0 atom stereocenters. The monoisotopic (exact) mass is 388 g/mol. The van der Waals surface area contributed by atoms with Crippen LogP contribution >= 0.6 is 0 Å². The van der Waals surface area contributed by atoms with Gasteiger partial charge in [-0.25, -0.2) is 8.42 Å². The van der Waals surface area contributed by atoms with Crippen molar-refractivity contribution >= 4 is 21.6 Å². The Labute approximate surface area is 160 Å². The highest BCUT2D eigenvalue weighted by Gasteiger charge is 2.27. The Hall–Kier alpha value is -2.38. The smallest absolute Gasteiger partial charge is 0.255 e. The van der Waals surface area contributed by atoms with Crippen LogP contribution < -0.4 is 10.1 Å². The molecule has 1 saturated heterocycles. The number of hydrogen-bond donors (Lipinski definition) is 1. The highest BCUT2D eigenvalue weighted by atomic mass is 32.2. The average Bonchev–Trinajstić information content (AvgIpc) is 2.70. The Morgan fingerprint density at radius 2 is 1.78 bits per heavy atom. The molecule has 27 heavy (non-hydrogen) atoms. The van der Waals surface area contributed by atoms with E-state index in [0.29, 0.717) is 36.7 Å². The largest absolute Gasteiger partial charge is 0.492 e. The van der Waals surface area contributed by atoms with Crippen LogP contribution in [-0.4, -0.2) is 38.3 Å². The fraction of sp³-hybridized carbons (Fsp3) is 0.350. The Morgan fingerprint density at radius 3 is 2.44 bits per heavy atom. The normalized spacial score (nSPS) is 15.3. The zero-order chi connectivity index (χ0) is 19.3. The highest BCUT2D eigenvalue weighted by molar-refractivity contribution is 7.89. The molecule has 3 rings (SSSR count). The van der Waals surface area contributed by atoms with Gasteiger partial charge in [-0.3, -0.25) is 4.79 Å². The van der Waals surface area contributed by atoms with Crippen LogP contribution in [0.4, 0.5) is 5.69 Å². The molecule has 7 heteroatoms. The zero-order valence-electron chi connectivity index (χ0n) is 15.3. The minimum absolute atomic E-state index is 0.163. The molecular formula is C20H24N2O4S. The topological polar surface area (TPSA) is 75.7 Å². The third kappa shape index (κ3) is 4.48. The van der Waals surface area contributed by atoms with Crippen LogP contribution in [0.25, 0.3) is 0 Å². The second-order valence-corrected chi connectivity index (χ2v) is 8.31. The summed E-state index contributed by atoms with van der Waals surface area (Å²) in [5.41, 5.74) is 0.841. The first-order valence-corrected chi connectivity index (χ1v) is 10.6. The van der Waals surface area contributed by atoms with Crippen LogP contribution in [0.5, 0.6) is 5.75 Å². The van der Waals surface area contributed by atoms with Gasteiger partial charge in [0.25, 0.3) is 5.91 Å². The number of piperidine rings is 1. The Morgan fingerprint density at radius 1 is 1.07 bits per heavy atom. The molecule has 1 heterocycles. The summed E-state index contributed by atoms with van der Waals surface area (Å²) in [5.74, 6) is 0.128. The molecule has 0 unspecified atom stereocenters. The van der Waals surface area contributed by atoms with Gasteiger partial charge in [-0.15, -0.1) is 0 Å². The Bertz CT molecular complexity index is 891. The third-order valence-electron chi connectivity index (χ3n) is 4.49. The molecule has 1 N–H and O–H groups in total. The fourth-order valence-corrected chi connectivity index (χ4v) is 4.63. The number of carbonyl (C=O) groups is 1. The predicted molar refractivity (Wildman–Crippen MR) is 105 cm³/mol. The van der Waals surface area contributed by atoms with Crippen molar-refractivity contribution in [3.05, 3.63) is 54.1 Å². The lowest BCUT2D eigenvalue weighted by Gasteiger charge is -2.26. The number of nitrogens with zero attached hydrogens (tertiary/aromatic N) is 1. The molecule has 1 amide bonds. The Kier molecular flexibility index (Phi) is 6.13. The maximum absolute atomic E-state index is 12.9. The van der Waals surface area contributed by atoms with E-state index in [1.165, 1.54) is 16.4 Å². The van der Waals surface area contributed by atoms with E-state index < -0.39 is 10.0 Å². The second-order valence-electron chi connectivity index (χ2n) is 6.38. The lowest BCUT2D eigenvalue weighted by molar-refractivity contribution is 0.102. The molecule has 0 aromatic heterocycles. The van der Waals surface area contributed by atoms with Gasteiger partial charge in [-0.05, 0) is 50.1 Å². The molecule has 1 aliphatic rings. The molecule has 0 bridgehead atoms. The summed E-state index contributed by atoms with van der Waals surface area (Å²) in [6, 6.07) is 13.4. The van der Waals surface area contributed by atoms with Gasteiger partial charge in [0.05, 0.1) is 17.2 Å². The second kappa shape index (κ2) is 8.54. The van der Waals surface area contributed by atoms with Gasteiger partial charge in [0.15, 0.2) is 0 Å². The number of carbonyl (C=O) groups excluding carboxylic acids is 1. The zero-order valence-corrected chi connectivity index (χ0v) is 16.2. The molecule has 0 aliphatic carbocycles. The van der Waals surface area contributed by atoms with Gasteiger partial charge < -0.3 is 10.1 Å². The number of benzene rings is 2. The van der Waals surface area contributed by atoms with Crippen molar-refractivity contribution in [2.75, 3.05) is 25.0 Å². The molecule has 0 saturated carbocycles. The standard InChI is InChI=1S/C20H24N2O4S/c1-2-26-19-12-11-17(27(24,25)22-13-7-4-8-14-22)15-18(19)21-20(23)16-9-5-3-6-10-16/h3,5-6,9-12,15H,2,4,7-8,13-14H2,1H3,(H,21,23). The third-order valence-corrected chi connectivity index (χ3v) is 6.38. The van der Waals surface area contributed by atoms with Crippen molar-refractivity contribution < 1.29 is 17.9 Å². The number of ether oxygens (including phenoxy) is 1. The van der Waals surface area contributed by atoms with Gasteiger partial charge in [0.1, 0.15) is 5.75 Å². The number of anilines is 1. The molecule has 1 fully saturated rings. The van der Waals surface area contributed by atoms with Crippen molar-refractivity contribution in [2.45, 2.75) is 31.1 Å². The van der Waals surface area contributed by atoms with Gasteiger partial charge >= 0.3 is 0 Å². The van der Waals surface area contributed by atoms with Crippen molar-refractivity contribution in [2.24, 2.45) is 0 Å². The van der Waals surface area contributed by atoms with Gasteiger partial charge in [-0.2, -0.15) is 4.31 Å². The molecule has 6 nitrogen and oxygen atoms in total. The molecule has 0 radical (unpaired) electrons. The summed E-state index contributed by atoms with van der Waals surface area (Å²) >= 11 is 0. The summed E-state index contributed by atoms with van der Waals surface area (Å²) < 4.78 is 32.9. The maximum Gasteiger partial charge on any atom is 0.255 e. The van der Waals surface area contributed by atoms with Gasteiger partial charge in [-0.1, -0.05) is 24.6 Å². The van der Waals surface area contributed by atoms with Crippen molar-refractivity contribution in [3.63, 3.8) is 0 Å². The van der Waals surface area contributed by atoms with Gasteiger partial charge in [0.2, 0.25) is 10.0 Å². The summed E-state index contributed by atoms with van der Waals surface area (Å²) in [7, 11) is -3.59. The van der Waals surface area contributed by atoms with Crippen LogP contribution in [0, 0.1) is 0 Å². The fourth-order valence-electron chi connectivity index (χ4n) is 3.09. The maximum atomic E-state index is 12.9. The Balaban J connectivity index is 1.91. The van der Waals surface area contributed by atoms with Crippen LogP contribution in [0.15, 0.2) is 53.4 Å². The average molecular weight is 388 g/mol. The lowest BCUT2D eigenvalue weighted by Crippen LogP contribution is -2.35. The summed E-state index contributed by atoms with van der Waals surface area (Å²) in [5, 5.41) is 2.78. The minimum Gasteiger partial charge on any atom is -0.492 e. The van der Waals surface area contributed by atoms with E-state index in [9.17, 15) is 13.2 Å². The van der Waals surface area contributed by atoms with Crippen molar-refractivity contribution in [1.29, 1.82) is 0 Å². The van der Waals surface area contributed by atoms with Crippen molar-refractivity contribution in [1.82, 2.24) is 4.31 Å². The first-order valence-electron chi connectivity index (χ1n) is 9.16. The summed E-state index contributed by atoms with van der Waals surface area (Å²) in [6.45, 7) is 3.30. The molecular weight excluding hydrogens is 364 g/mol. The van der Waals surface area contributed by atoms with Crippen LogP contribution in [-0.2, 0) is 10.0 Å². The molecule has 0 spiro atoms. The lowest BCUT2D eigenvalue weighted by atomic mass is 10.2. The van der Waals surface area contributed by atoms with E-state index in [4.69, 9.17) is 4.74 Å². The number of rotatable bonds is 6. The first kappa shape index (κ1) is 19.4. The van der Waals surface area contributed by atoms with E-state index in [0.717, 1.165) is 19.3 Å². The molecule has 1 aliphatic heterocycles. The molecule has 2 aromatic rings. The van der Waals surface area contributed by atoms with E-state index >= 15 is 0 Å². The molecule has 144 valence electrons. The number of sulfonamides is 1. The van der Waals surface area contributed by atoms with E-state index in [1.807, 2.05) is 13.0 Å². The van der Waals surface area contributed by atoms with E-state index in [-0.39, 0.29) is 10.8 Å². The van der Waals surface area contributed by atoms with Crippen LogP contribution in [0.3, 0.4) is 0 Å². The first-order chi connectivity index (χ1) is 13.0. The summed E-state index contributed by atoms with van der Waals surface area (Å²) in [6.07, 6.45) is 2.79. The SMILES string of the molecule is CCOc1ccc(S(=O)(=O)N2CCCCC2)cc1NC(=O)c1ccccc1. The molecule has 2 aromatic carbocycles. The minimum atomic E-state index is -3.59. The van der Waals surface area contributed by atoms with E-state index in [2.05, 4.69) is 5.32 Å². The highest BCUT2D eigenvalue weighted by Crippen LogP contribution is 2.30. The number of nitrogens with one attached hydrogen (secondary N) is 1. The van der Waals surface area contributed by atoms with Crippen LogP contribution in [0.2, 0.25) is 0 Å². The number of hydrogen-bond acceptors (Lipinski definition) is 4. The number of amides is 1. The van der Waals surface area contributed by atoms with Crippen molar-refractivity contribution in [3.8, 4) is 5.75 Å². The quantitative estimate of drug-likeness (QED) is 0.822. The predicted octanol–water partition coefficient (Wildman–Crippen LogP) is 3.51. The van der Waals surface area contributed by atoms with Crippen LogP contribution in [0.1, 0.15) is 36.5 Å². The van der Waals surface area contributed by atoms with Gasteiger partial charge in [0, 0.05) is 18.7 Å².